The maximum absolute atomic E-state index is 12.1. The van der Waals surface area contributed by atoms with Crippen molar-refractivity contribution in [2.24, 2.45) is 0 Å². The molecule has 0 aliphatic heterocycles. The second-order valence-corrected chi connectivity index (χ2v) is 3.67. The lowest BCUT2D eigenvalue weighted by Crippen LogP contribution is -2.38. The number of hydrogen-bond acceptors (Lipinski definition) is 1. The molecule has 92 valence electrons. The van der Waals surface area contributed by atoms with E-state index in [1.165, 1.54) is 30.3 Å². The van der Waals surface area contributed by atoms with E-state index < -0.39 is 18.1 Å². The minimum atomic E-state index is -4.91. The Morgan fingerprint density at radius 3 is 2.29 bits per heavy atom. The van der Waals surface area contributed by atoms with Crippen LogP contribution in [0.5, 0.6) is 0 Å². The van der Waals surface area contributed by atoms with E-state index in [9.17, 15) is 18.0 Å². The molecular formula is C11H9ClF3NO. The topological polar surface area (TPSA) is 29.1 Å². The lowest BCUT2D eigenvalue weighted by Gasteiger charge is -2.16. The number of alkyl halides is 3. The monoisotopic (exact) mass is 263 g/mol. The van der Waals surface area contributed by atoms with Crippen LogP contribution in [0.15, 0.2) is 36.9 Å². The highest BCUT2D eigenvalue weighted by Crippen LogP contribution is 2.20. The normalized spacial score (nSPS) is 12.9. The van der Waals surface area contributed by atoms with E-state index >= 15 is 0 Å². The second kappa shape index (κ2) is 5.23. The highest BCUT2D eigenvalue weighted by Gasteiger charge is 2.39. The van der Waals surface area contributed by atoms with Gasteiger partial charge >= 0.3 is 12.1 Å². The average Bonchev–Trinajstić information content (AvgIpc) is 2.25. The quantitative estimate of drug-likeness (QED) is 0.834. The molecule has 1 aromatic carbocycles. The molecule has 1 atom stereocenters. The first-order valence-electron chi connectivity index (χ1n) is 4.60. The van der Waals surface area contributed by atoms with Crippen LogP contribution < -0.4 is 5.32 Å². The Balaban J connectivity index is 2.83. The SMILES string of the molecule is C=C[C@H](NC(=O)C(F)(F)F)c1ccc(Cl)cc1. The molecular weight excluding hydrogens is 255 g/mol. The van der Waals surface area contributed by atoms with Gasteiger partial charge in [0.25, 0.3) is 0 Å². The summed E-state index contributed by atoms with van der Waals surface area (Å²) in [4.78, 5) is 10.8. The molecule has 0 aliphatic rings. The fourth-order valence-electron chi connectivity index (χ4n) is 1.17. The molecule has 6 heteroatoms. The summed E-state index contributed by atoms with van der Waals surface area (Å²) in [7, 11) is 0. The molecule has 1 aromatic rings. The van der Waals surface area contributed by atoms with Gasteiger partial charge in [-0.25, -0.2) is 0 Å². The Bertz CT molecular complexity index is 414. The van der Waals surface area contributed by atoms with Gasteiger partial charge in [0.2, 0.25) is 0 Å². The van der Waals surface area contributed by atoms with Crippen molar-refractivity contribution in [3.8, 4) is 0 Å². The second-order valence-electron chi connectivity index (χ2n) is 3.24. The summed E-state index contributed by atoms with van der Waals surface area (Å²) < 4.78 is 36.2. The minimum absolute atomic E-state index is 0.457. The fraction of sp³-hybridized carbons (Fsp3) is 0.182. The summed E-state index contributed by atoms with van der Waals surface area (Å²) in [6.07, 6.45) is -3.69. The van der Waals surface area contributed by atoms with Gasteiger partial charge in [0.15, 0.2) is 0 Å². The molecule has 0 fully saturated rings. The average molecular weight is 264 g/mol. The Morgan fingerprint density at radius 1 is 1.35 bits per heavy atom. The van der Waals surface area contributed by atoms with Crippen molar-refractivity contribution in [1.82, 2.24) is 5.32 Å². The maximum Gasteiger partial charge on any atom is 0.471 e. The van der Waals surface area contributed by atoms with E-state index in [4.69, 9.17) is 11.6 Å². The van der Waals surface area contributed by atoms with E-state index in [1.54, 1.807) is 0 Å². The molecule has 0 spiro atoms. The third-order valence-corrected chi connectivity index (χ3v) is 2.26. The number of halogens is 4. The maximum atomic E-state index is 12.1. The summed E-state index contributed by atoms with van der Waals surface area (Å²) in [6, 6.07) is 5.18. The number of rotatable bonds is 3. The van der Waals surface area contributed by atoms with Crippen LogP contribution in [-0.2, 0) is 4.79 Å². The minimum Gasteiger partial charge on any atom is -0.338 e. The van der Waals surface area contributed by atoms with Gasteiger partial charge in [0, 0.05) is 5.02 Å². The smallest absolute Gasteiger partial charge is 0.338 e. The predicted molar refractivity (Wildman–Crippen MR) is 58.6 cm³/mol. The first-order chi connectivity index (χ1) is 7.84. The van der Waals surface area contributed by atoms with Crippen molar-refractivity contribution in [1.29, 1.82) is 0 Å². The van der Waals surface area contributed by atoms with E-state index in [2.05, 4.69) is 6.58 Å². The molecule has 1 rings (SSSR count). The van der Waals surface area contributed by atoms with Crippen LogP contribution in [0, 0.1) is 0 Å². The van der Waals surface area contributed by atoms with E-state index in [0.29, 0.717) is 10.6 Å². The zero-order valence-electron chi connectivity index (χ0n) is 8.59. The Morgan fingerprint density at radius 2 is 1.88 bits per heavy atom. The lowest BCUT2D eigenvalue weighted by molar-refractivity contribution is -0.174. The van der Waals surface area contributed by atoms with Gasteiger partial charge in [-0.1, -0.05) is 29.8 Å². The van der Waals surface area contributed by atoms with Crippen LogP contribution in [0.4, 0.5) is 13.2 Å². The number of amides is 1. The largest absolute Gasteiger partial charge is 0.471 e. The van der Waals surface area contributed by atoms with Gasteiger partial charge < -0.3 is 5.32 Å². The van der Waals surface area contributed by atoms with Crippen LogP contribution in [-0.4, -0.2) is 12.1 Å². The molecule has 2 nitrogen and oxygen atoms in total. The first-order valence-corrected chi connectivity index (χ1v) is 4.98. The van der Waals surface area contributed by atoms with Gasteiger partial charge in [0.1, 0.15) is 0 Å². The summed E-state index contributed by atoms with van der Waals surface area (Å²) in [5, 5.41) is 2.27. The third-order valence-electron chi connectivity index (χ3n) is 2.01. The fourth-order valence-corrected chi connectivity index (χ4v) is 1.30. The lowest BCUT2D eigenvalue weighted by atomic mass is 10.1. The molecule has 17 heavy (non-hydrogen) atoms. The van der Waals surface area contributed by atoms with Gasteiger partial charge in [-0.05, 0) is 17.7 Å². The highest BCUT2D eigenvalue weighted by atomic mass is 35.5. The van der Waals surface area contributed by atoms with Crippen molar-refractivity contribution in [3.63, 3.8) is 0 Å². The summed E-state index contributed by atoms with van der Waals surface area (Å²) in [5.41, 5.74) is 0.474. The van der Waals surface area contributed by atoms with E-state index in [-0.39, 0.29) is 0 Å². The molecule has 1 N–H and O–H groups in total. The molecule has 0 unspecified atom stereocenters. The Hall–Kier alpha value is -1.49. The summed E-state index contributed by atoms with van der Waals surface area (Å²) >= 11 is 5.64. The molecule has 0 aliphatic carbocycles. The van der Waals surface area contributed by atoms with E-state index in [0.717, 1.165) is 0 Å². The van der Waals surface area contributed by atoms with Crippen LogP contribution in [0.3, 0.4) is 0 Å². The number of hydrogen-bond donors (Lipinski definition) is 1. The van der Waals surface area contributed by atoms with Crippen LogP contribution in [0.2, 0.25) is 5.02 Å². The van der Waals surface area contributed by atoms with Crippen molar-refractivity contribution < 1.29 is 18.0 Å². The molecule has 1 amide bonds. The number of benzene rings is 1. The summed E-state index contributed by atoms with van der Waals surface area (Å²) in [5.74, 6) is -2.00. The number of carbonyl (C=O) groups is 1. The van der Waals surface area contributed by atoms with Crippen molar-refractivity contribution in [2.45, 2.75) is 12.2 Å². The molecule has 0 saturated carbocycles. The van der Waals surface area contributed by atoms with E-state index in [1.807, 2.05) is 5.32 Å². The highest BCUT2D eigenvalue weighted by molar-refractivity contribution is 6.30. The summed E-state index contributed by atoms with van der Waals surface area (Å²) in [6.45, 7) is 3.38. The van der Waals surface area contributed by atoms with Crippen molar-refractivity contribution in [3.05, 3.63) is 47.5 Å². The molecule has 0 aromatic heterocycles. The van der Waals surface area contributed by atoms with Crippen LogP contribution in [0.1, 0.15) is 11.6 Å². The van der Waals surface area contributed by atoms with Gasteiger partial charge in [-0.3, -0.25) is 4.79 Å². The van der Waals surface area contributed by atoms with Crippen LogP contribution >= 0.6 is 11.6 Å². The molecule has 0 heterocycles. The number of nitrogens with one attached hydrogen (secondary N) is 1. The van der Waals surface area contributed by atoms with Gasteiger partial charge in [-0.15, -0.1) is 6.58 Å². The molecule has 0 saturated heterocycles. The van der Waals surface area contributed by atoms with Gasteiger partial charge in [0.05, 0.1) is 6.04 Å². The first kappa shape index (κ1) is 13.6. The predicted octanol–water partition coefficient (Wildman–Crippen LogP) is 3.25. The number of carbonyl (C=O) groups excluding carboxylic acids is 1. The Labute approximate surface area is 101 Å². The Kier molecular flexibility index (Phi) is 4.17. The zero-order valence-corrected chi connectivity index (χ0v) is 9.35. The van der Waals surface area contributed by atoms with Gasteiger partial charge in [-0.2, -0.15) is 13.2 Å². The zero-order chi connectivity index (χ0) is 13.1. The standard InChI is InChI=1S/C11H9ClF3NO/c1-2-9(16-10(17)11(13,14)15)7-3-5-8(12)6-4-7/h2-6,9H,1H2,(H,16,17)/t9-/m0/s1. The molecule has 0 bridgehead atoms. The molecule has 0 radical (unpaired) electrons. The van der Waals surface area contributed by atoms with Crippen molar-refractivity contribution in [2.75, 3.05) is 0 Å². The van der Waals surface area contributed by atoms with Crippen LogP contribution in [0.25, 0.3) is 0 Å². The third kappa shape index (κ3) is 3.78. The van der Waals surface area contributed by atoms with Crippen molar-refractivity contribution >= 4 is 17.5 Å².